The average molecular weight is 447 g/mol. The number of carboxylic acid groups (broad SMARTS) is 1. The van der Waals surface area contributed by atoms with Crippen molar-refractivity contribution < 1.29 is 28.9 Å². The van der Waals surface area contributed by atoms with Crippen LogP contribution in [-0.4, -0.2) is 36.3 Å². The van der Waals surface area contributed by atoms with Crippen LogP contribution in [0.5, 0.6) is 17.2 Å². The van der Waals surface area contributed by atoms with Gasteiger partial charge in [-0.25, -0.2) is 0 Å². The maximum atomic E-state index is 12.9. The number of aryl methyl sites for hydroxylation is 2. The molecule has 7 nitrogen and oxygen atoms in total. The summed E-state index contributed by atoms with van der Waals surface area (Å²) in [7, 11) is 0. The van der Waals surface area contributed by atoms with Crippen molar-refractivity contribution in [3.8, 4) is 17.2 Å². The number of carbonyl (C=O) groups is 2. The van der Waals surface area contributed by atoms with Gasteiger partial charge in [-0.2, -0.15) is 0 Å². The van der Waals surface area contributed by atoms with Crippen LogP contribution in [0.1, 0.15) is 27.0 Å². The second-order valence-electron chi connectivity index (χ2n) is 7.97. The van der Waals surface area contributed by atoms with Gasteiger partial charge in [-0.3, -0.25) is 9.59 Å². The van der Waals surface area contributed by atoms with Gasteiger partial charge in [0.25, 0.3) is 5.91 Å². The Bertz CT molecular complexity index is 1170. The molecule has 7 heteroatoms. The summed E-state index contributed by atoms with van der Waals surface area (Å²) in [4.78, 5) is 23.9. The summed E-state index contributed by atoms with van der Waals surface area (Å²) in [6.07, 6.45) is -0.337. The molecular weight excluding hydrogens is 422 g/mol. The highest BCUT2D eigenvalue weighted by Crippen LogP contribution is 2.31. The molecule has 2 N–H and O–H groups in total. The Kier molecular flexibility index (Phi) is 6.49. The fourth-order valence-electron chi connectivity index (χ4n) is 3.83. The minimum absolute atomic E-state index is 0.102. The van der Waals surface area contributed by atoms with Crippen molar-refractivity contribution in [3.05, 3.63) is 82.9 Å². The van der Waals surface area contributed by atoms with E-state index in [1.807, 2.05) is 50.2 Å². The summed E-state index contributed by atoms with van der Waals surface area (Å²) >= 11 is 0. The number of ether oxygens (including phenoxy) is 3. The second kappa shape index (κ2) is 9.65. The van der Waals surface area contributed by atoms with E-state index >= 15 is 0 Å². The minimum atomic E-state index is -0.921. The lowest BCUT2D eigenvalue weighted by molar-refractivity contribution is -0.136. The van der Waals surface area contributed by atoms with Crippen LogP contribution in [0, 0.1) is 13.8 Å². The first-order valence-corrected chi connectivity index (χ1v) is 10.6. The van der Waals surface area contributed by atoms with Crippen LogP contribution < -0.4 is 19.5 Å². The highest BCUT2D eigenvalue weighted by molar-refractivity contribution is 6.06. The summed E-state index contributed by atoms with van der Waals surface area (Å²) in [5, 5.41) is 11.8. The molecule has 0 radical (unpaired) electrons. The highest BCUT2D eigenvalue weighted by Gasteiger charge is 2.22. The number of carboxylic acids is 1. The van der Waals surface area contributed by atoms with Gasteiger partial charge in [0, 0.05) is 11.3 Å². The summed E-state index contributed by atoms with van der Waals surface area (Å²) in [5.74, 6) is 0.890. The number of hydrogen-bond donors (Lipinski definition) is 2. The monoisotopic (exact) mass is 447 g/mol. The van der Waals surface area contributed by atoms with Gasteiger partial charge in [-0.05, 0) is 66.9 Å². The van der Waals surface area contributed by atoms with E-state index in [1.165, 1.54) is 0 Å². The van der Waals surface area contributed by atoms with Crippen LogP contribution in [-0.2, 0) is 11.2 Å². The maximum Gasteiger partial charge on any atom is 0.307 e. The van der Waals surface area contributed by atoms with Crippen LogP contribution in [0.25, 0.3) is 0 Å². The molecule has 170 valence electrons. The van der Waals surface area contributed by atoms with Crippen LogP contribution in [0.2, 0.25) is 0 Å². The summed E-state index contributed by atoms with van der Waals surface area (Å²) < 4.78 is 17.6. The Morgan fingerprint density at radius 1 is 1.03 bits per heavy atom. The number of rotatable bonds is 7. The number of para-hydroxylation sites is 2. The van der Waals surface area contributed by atoms with Crippen LogP contribution >= 0.6 is 0 Å². The number of nitrogens with one attached hydrogen (secondary N) is 1. The second-order valence-corrected chi connectivity index (χ2v) is 7.97. The molecule has 0 fully saturated rings. The molecule has 0 bridgehead atoms. The van der Waals surface area contributed by atoms with Gasteiger partial charge in [0.15, 0.2) is 17.6 Å². The zero-order valence-corrected chi connectivity index (χ0v) is 18.5. The predicted octanol–water partition coefficient (Wildman–Crippen LogP) is 4.40. The molecule has 1 amide bonds. The van der Waals surface area contributed by atoms with Crippen molar-refractivity contribution in [1.29, 1.82) is 0 Å². The van der Waals surface area contributed by atoms with Gasteiger partial charge >= 0.3 is 5.97 Å². The SMILES string of the molecule is Cc1cc(OC[C@@H]2COc3ccccc3O2)cc(C)c1C(=O)Nc1cccc(CC(=O)O)c1. The summed E-state index contributed by atoms with van der Waals surface area (Å²) in [5.41, 5.74) is 3.27. The molecule has 1 aliphatic rings. The number of aliphatic carboxylic acids is 1. The third-order valence-electron chi connectivity index (χ3n) is 5.28. The van der Waals surface area contributed by atoms with Crippen LogP contribution in [0.3, 0.4) is 0 Å². The lowest BCUT2D eigenvalue weighted by atomic mass is 10.0. The number of anilines is 1. The molecule has 0 unspecified atom stereocenters. The number of amides is 1. The number of hydrogen-bond acceptors (Lipinski definition) is 5. The number of carbonyl (C=O) groups excluding carboxylic acids is 1. The average Bonchev–Trinajstić information content (AvgIpc) is 2.77. The van der Waals surface area contributed by atoms with E-state index in [4.69, 9.17) is 19.3 Å². The Hall–Kier alpha value is -4.00. The van der Waals surface area contributed by atoms with Crippen molar-refractivity contribution in [1.82, 2.24) is 0 Å². The maximum absolute atomic E-state index is 12.9. The molecule has 4 rings (SSSR count). The van der Waals surface area contributed by atoms with E-state index in [2.05, 4.69) is 5.32 Å². The van der Waals surface area contributed by atoms with Gasteiger partial charge in [-0.1, -0.05) is 24.3 Å². The van der Waals surface area contributed by atoms with E-state index in [-0.39, 0.29) is 18.4 Å². The van der Waals surface area contributed by atoms with Crippen molar-refractivity contribution >= 4 is 17.6 Å². The fraction of sp³-hybridized carbons (Fsp3) is 0.231. The Morgan fingerprint density at radius 2 is 1.76 bits per heavy atom. The third kappa shape index (κ3) is 5.44. The third-order valence-corrected chi connectivity index (χ3v) is 5.28. The molecule has 3 aromatic rings. The van der Waals surface area contributed by atoms with Crippen LogP contribution in [0.15, 0.2) is 60.7 Å². The molecule has 1 atom stereocenters. The number of fused-ring (bicyclic) bond motifs is 1. The molecule has 0 aliphatic carbocycles. The van der Waals surface area contributed by atoms with E-state index in [0.29, 0.717) is 41.5 Å². The normalized spacial score (nSPS) is 14.4. The van der Waals surface area contributed by atoms with Crippen molar-refractivity contribution in [2.24, 2.45) is 0 Å². The standard InChI is InChI=1S/C26H25NO6/c1-16-10-20(31-14-21-15-32-22-8-3-4-9-23(22)33-21)11-17(2)25(16)26(30)27-19-7-5-6-18(12-19)13-24(28)29/h3-12,21H,13-15H2,1-2H3,(H,27,30)(H,28,29)/t21-/m1/s1. The molecule has 0 aromatic heterocycles. The highest BCUT2D eigenvalue weighted by atomic mass is 16.6. The van der Waals surface area contributed by atoms with E-state index in [1.54, 1.807) is 24.3 Å². The number of benzene rings is 3. The van der Waals surface area contributed by atoms with Gasteiger partial charge in [-0.15, -0.1) is 0 Å². The largest absolute Gasteiger partial charge is 0.490 e. The van der Waals surface area contributed by atoms with E-state index in [0.717, 1.165) is 16.9 Å². The zero-order chi connectivity index (χ0) is 23.4. The Labute approximate surface area is 191 Å². The van der Waals surface area contributed by atoms with E-state index < -0.39 is 5.97 Å². The van der Waals surface area contributed by atoms with Crippen molar-refractivity contribution in [2.75, 3.05) is 18.5 Å². The zero-order valence-electron chi connectivity index (χ0n) is 18.5. The first-order chi connectivity index (χ1) is 15.9. The lowest BCUT2D eigenvalue weighted by Crippen LogP contribution is -2.34. The minimum Gasteiger partial charge on any atom is -0.490 e. The first kappa shape index (κ1) is 22.2. The van der Waals surface area contributed by atoms with Gasteiger partial charge < -0.3 is 24.6 Å². The molecule has 1 aliphatic heterocycles. The van der Waals surface area contributed by atoms with Crippen molar-refractivity contribution in [2.45, 2.75) is 26.4 Å². The van der Waals surface area contributed by atoms with Gasteiger partial charge in [0.1, 0.15) is 19.0 Å². The molecule has 0 spiro atoms. The van der Waals surface area contributed by atoms with Gasteiger partial charge in [0.05, 0.1) is 6.42 Å². The van der Waals surface area contributed by atoms with Gasteiger partial charge in [0.2, 0.25) is 0 Å². The molecule has 0 saturated heterocycles. The summed E-state index contributed by atoms with van der Waals surface area (Å²) in [6, 6.07) is 18.0. The topological polar surface area (TPSA) is 94.1 Å². The van der Waals surface area contributed by atoms with Crippen LogP contribution in [0.4, 0.5) is 5.69 Å². The molecular formula is C26H25NO6. The molecule has 3 aromatic carbocycles. The smallest absolute Gasteiger partial charge is 0.307 e. The summed E-state index contributed by atoms with van der Waals surface area (Å²) in [6.45, 7) is 4.42. The van der Waals surface area contributed by atoms with E-state index in [9.17, 15) is 9.59 Å². The quantitative estimate of drug-likeness (QED) is 0.558. The van der Waals surface area contributed by atoms with Crippen molar-refractivity contribution in [3.63, 3.8) is 0 Å². The molecule has 0 saturated carbocycles. The fourth-order valence-corrected chi connectivity index (χ4v) is 3.83. The Balaban J connectivity index is 1.41. The Morgan fingerprint density at radius 3 is 2.48 bits per heavy atom. The first-order valence-electron chi connectivity index (χ1n) is 10.6. The molecule has 1 heterocycles. The lowest BCUT2D eigenvalue weighted by Gasteiger charge is -2.26. The molecule has 33 heavy (non-hydrogen) atoms. The predicted molar refractivity (Wildman–Crippen MR) is 123 cm³/mol.